The normalized spacial score (nSPS) is 21.9. The summed E-state index contributed by atoms with van der Waals surface area (Å²) in [5, 5.41) is 13.8. The highest BCUT2D eigenvalue weighted by Crippen LogP contribution is 2.43. The van der Waals surface area contributed by atoms with Crippen LogP contribution in [0.3, 0.4) is 0 Å². The molecule has 166 valence electrons. The minimum atomic E-state index is -0.965. The van der Waals surface area contributed by atoms with Gasteiger partial charge in [0, 0.05) is 23.2 Å². The minimum absolute atomic E-state index is 0.177. The molecule has 1 aromatic heterocycles. The van der Waals surface area contributed by atoms with Gasteiger partial charge in [-0.05, 0) is 65.2 Å². The van der Waals surface area contributed by atoms with E-state index < -0.39 is 22.8 Å². The van der Waals surface area contributed by atoms with Crippen molar-refractivity contribution in [1.82, 2.24) is 15.3 Å². The second kappa shape index (κ2) is 8.59. The number of thioether (sulfide) groups is 1. The molecule has 0 saturated carbocycles. The van der Waals surface area contributed by atoms with Crippen molar-refractivity contribution in [3.8, 4) is 11.1 Å². The zero-order valence-corrected chi connectivity index (χ0v) is 19.7. The van der Waals surface area contributed by atoms with Crippen LogP contribution in [-0.4, -0.2) is 42.8 Å². The van der Waals surface area contributed by atoms with Crippen LogP contribution in [0.4, 0.5) is 4.79 Å². The summed E-state index contributed by atoms with van der Waals surface area (Å²) >= 11 is 1.36. The van der Waals surface area contributed by atoms with E-state index in [-0.39, 0.29) is 5.25 Å². The van der Waals surface area contributed by atoms with Gasteiger partial charge < -0.3 is 9.84 Å². The number of amidine groups is 1. The van der Waals surface area contributed by atoms with E-state index in [0.717, 1.165) is 16.7 Å². The molecule has 31 heavy (non-hydrogen) atoms. The summed E-state index contributed by atoms with van der Waals surface area (Å²) in [7, 11) is 0. The molecular weight excluding hydrogens is 412 g/mol. The van der Waals surface area contributed by atoms with Gasteiger partial charge in [0.25, 0.3) is 0 Å². The van der Waals surface area contributed by atoms with Gasteiger partial charge in [-0.25, -0.2) is 14.8 Å². The van der Waals surface area contributed by atoms with E-state index in [9.17, 15) is 9.90 Å². The number of nitrogens with one attached hydrogen (secondary N) is 1. The van der Waals surface area contributed by atoms with Crippen molar-refractivity contribution < 1.29 is 14.6 Å². The van der Waals surface area contributed by atoms with Crippen molar-refractivity contribution in [2.75, 3.05) is 0 Å². The molecule has 0 radical (unpaired) electrons. The molecule has 2 aromatic rings. The number of aliphatic imine (C=N–C) groups is 1. The highest BCUT2D eigenvalue weighted by molar-refractivity contribution is 8.14. The molecule has 2 heterocycles. The lowest BCUT2D eigenvalue weighted by molar-refractivity contribution is 0.0559. The first-order valence-corrected chi connectivity index (χ1v) is 11.1. The monoisotopic (exact) mass is 442 g/mol. The molecule has 0 unspecified atom stereocenters. The number of aromatic nitrogens is 2. The number of carbonyl (C=O) groups excluding carboxylic acids is 1. The van der Waals surface area contributed by atoms with Crippen LogP contribution < -0.4 is 5.32 Å². The van der Waals surface area contributed by atoms with Crippen molar-refractivity contribution >= 4 is 23.0 Å². The van der Waals surface area contributed by atoms with E-state index in [4.69, 9.17) is 9.73 Å². The summed E-state index contributed by atoms with van der Waals surface area (Å²) in [6.07, 6.45) is 5.08. The predicted molar refractivity (Wildman–Crippen MR) is 124 cm³/mol. The molecule has 7 nitrogen and oxygen atoms in total. The first-order valence-electron chi connectivity index (χ1n) is 10.2. The van der Waals surface area contributed by atoms with Crippen LogP contribution in [0.5, 0.6) is 0 Å². The molecular formula is C23H30N4O3S. The Labute approximate surface area is 187 Å². The fraction of sp³-hybridized carbons (Fsp3) is 0.478. The third-order valence-electron chi connectivity index (χ3n) is 4.96. The molecule has 1 amide bonds. The van der Waals surface area contributed by atoms with Crippen molar-refractivity contribution in [2.45, 2.75) is 70.0 Å². The van der Waals surface area contributed by atoms with Crippen LogP contribution in [0.1, 0.15) is 53.5 Å². The summed E-state index contributed by atoms with van der Waals surface area (Å²) in [6.45, 7) is 11.0. The van der Waals surface area contributed by atoms with E-state index >= 15 is 0 Å². The summed E-state index contributed by atoms with van der Waals surface area (Å²) in [5.41, 5.74) is 0.642. The number of ether oxygens (including phenoxy) is 1. The molecule has 0 saturated heterocycles. The highest BCUT2D eigenvalue weighted by Gasteiger charge is 2.42. The van der Waals surface area contributed by atoms with Crippen LogP contribution in [-0.2, 0) is 10.3 Å². The van der Waals surface area contributed by atoms with Crippen LogP contribution in [0, 0.1) is 0 Å². The lowest BCUT2D eigenvalue weighted by Crippen LogP contribution is -2.46. The molecule has 0 spiro atoms. The lowest BCUT2D eigenvalue weighted by Gasteiger charge is -2.40. The van der Waals surface area contributed by atoms with Gasteiger partial charge in [-0.3, -0.25) is 10.3 Å². The fourth-order valence-corrected chi connectivity index (χ4v) is 4.70. The Morgan fingerprint density at radius 1 is 1.19 bits per heavy atom. The zero-order chi connectivity index (χ0) is 22.9. The molecule has 8 heteroatoms. The maximum atomic E-state index is 12.4. The van der Waals surface area contributed by atoms with E-state index in [1.54, 1.807) is 26.2 Å². The maximum absolute atomic E-state index is 12.4. The number of benzene rings is 1. The van der Waals surface area contributed by atoms with Gasteiger partial charge in [0.05, 0.1) is 11.1 Å². The number of hydrogen-bond acceptors (Lipinski definition) is 7. The Kier molecular flexibility index (Phi) is 6.43. The number of rotatable bonds is 3. The van der Waals surface area contributed by atoms with Crippen LogP contribution >= 0.6 is 11.8 Å². The van der Waals surface area contributed by atoms with Gasteiger partial charge in [0.1, 0.15) is 11.9 Å². The predicted octanol–water partition coefficient (Wildman–Crippen LogP) is 4.52. The standard InChI is InChI=1S/C23H30N4O3S/c1-21(2,3)30-20(28)26-19-27-23(6,11-18(31-19)22(4,5)29)17-9-7-8-15(10-17)16-12-24-14-25-13-16/h7-10,12-14,18,29H,11H2,1-6H3,(H,26,27,28)/t18-,23-/m0/s1. The Balaban J connectivity index is 1.97. The Hall–Kier alpha value is -2.45. The number of carbonyl (C=O) groups is 1. The van der Waals surface area contributed by atoms with E-state index in [1.807, 2.05) is 45.9 Å². The van der Waals surface area contributed by atoms with Crippen molar-refractivity contribution in [1.29, 1.82) is 0 Å². The average Bonchev–Trinajstić information content (AvgIpc) is 2.66. The first-order chi connectivity index (χ1) is 14.4. The molecule has 1 aliphatic heterocycles. The second-order valence-electron chi connectivity index (χ2n) is 9.49. The van der Waals surface area contributed by atoms with E-state index in [1.165, 1.54) is 18.1 Å². The van der Waals surface area contributed by atoms with Gasteiger partial charge in [-0.15, -0.1) is 0 Å². The zero-order valence-electron chi connectivity index (χ0n) is 18.8. The van der Waals surface area contributed by atoms with Gasteiger partial charge in [0.2, 0.25) is 0 Å². The number of hydrogen-bond donors (Lipinski definition) is 2. The quantitative estimate of drug-likeness (QED) is 0.726. The first kappa shape index (κ1) is 23.2. The summed E-state index contributed by atoms with van der Waals surface area (Å²) in [4.78, 5) is 25.4. The molecule has 3 rings (SSSR count). The molecule has 2 atom stereocenters. The highest BCUT2D eigenvalue weighted by atomic mass is 32.2. The number of aliphatic hydroxyl groups is 1. The van der Waals surface area contributed by atoms with Crippen molar-refractivity contribution in [3.05, 3.63) is 48.5 Å². The summed E-state index contributed by atoms with van der Waals surface area (Å²) in [6, 6.07) is 8.05. The maximum Gasteiger partial charge on any atom is 0.413 e. The van der Waals surface area contributed by atoms with Crippen LogP contribution in [0.2, 0.25) is 0 Å². The minimum Gasteiger partial charge on any atom is -0.444 e. The summed E-state index contributed by atoms with van der Waals surface area (Å²) < 4.78 is 5.39. The molecule has 1 aromatic carbocycles. The third-order valence-corrected chi connectivity index (χ3v) is 6.40. The molecule has 0 bridgehead atoms. The Morgan fingerprint density at radius 3 is 2.48 bits per heavy atom. The average molecular weight is 443 g/mol. The van der Waals surface area contributed by atoms with Crippen LogP contribution in [0.15, 0.2) is 48.0 Å². The molecule has 1 aliphatic rings. The second-order valence-corrected chi connectivity index (χ2v) is 10.7. The number of alkyl carbamates (subject to hydrolysis) is 1. The molecule has 0 fully saturated rings. The van der Waals surface area contributed by atoms with Crippen molar-refractivity contribution in [3.63, 3.8) is 0 Å². The molecule has 0 aliphatic carbocycles. The Bertz CT molecular complexity index is 967. The van der Waals surface area contributed by atoms with Gasteiger partial charge in [0.15, 0.2) is 5.17 Å². The van der Waals surface area contributed by atoms with E-state index in [0.29, 0.717) is 11.6 Å². The smallest absolute Gasteiger partial charge is 0.413 e. The molecule has 2 N–H and O–H groups in total. The lowest BCUT2D eigenvalue weighted by atomic mass is 9.83. The van der Waals surface area contributed by atoms with E-state index in [2.05, 4.69) is 21.4 Å². The Morgan fingerprint density at radius 2 is 1.87 bits per heavy atom. The SMILES string of the molecule is CC(C)(C)OC(=O)NC1=N[C@](C)(c2cccc(-c3cncnc3)c2)C[C@@H](C(C)(C)O)S1. The van der Waals surface area contributed by atoms with Gasteiger partial charge in [-0.1, -0.05) is 30.0 Å². The number of nitrogens with zero attached hydrogens (tertiary/aromatic N) is 3. The van der Waals surface area contributed by atoms with Gasteiger partial charge in [-0.2, -0.15) is 0 Å². The number of amides is 1. The topological polar surface area (TPSA) is 96.7 Å². The largest absolute Gasteiger partial charge is 0.444 e. The van der Waals surface area contributed by atoms with Crippen LogP contribution in [0.25, 0.3) is 11.1 Å². The summed E-state index contributed by atoms with van der Waals surface area (Å²) in [5.74, 6) is 0. The van der Waals surface area contributed by atoms with Crippen molar-refractivity contribution in [2.24, 2.45) is 4.99 Å². The van der Waals surface area contributed by atoms with Gasteiger partial charge >= 0.3 is 6.09 Å². The fourth-order valence-electron chi connectivity index (χ4n) is 3.34. The third kappa shape index (κ3) is 6.04.